The molecule has 0 bridgehead atoms. The van der Waals surface area contributed by atoms with Crippen molar-refractivity contribution in [1.29, 1.82) is 0 Å². The number of hydrogen-bond donors (Lipinski definition) is 1. The third-order valence-electron chi connectivity index (χ3n) is 3.69. The Morgan fingerprint density at radius 2 is 1.78 bits per heavy atom. The zero-order valence-electron chi connectivity index (χ0n) is 12.9. The quantitative estimate of drug-likeness (QED) is 0.781. The molecule has 3 aromatic rings. The molecule has 0 amide bonds. The maximum atomic E-state index is 11.8. The molecular formula is C18H18N2O2S. The van der Waals surface area contributed by atoms with E-state index in [0.29, 0.717) is 12.4 Å². The highest BCUT2D eigenvalue weighted by Crippen LogP contribution is 2.19. The SMILES string of the molecule is CS(=O)(=O)c1cccnc1NCCc1ccc2ccccc2c1. The predicted octanol–water partition coefficient (Wildman–Crippen LogP) is 3.29. The molecule has 23 heavy (non-hydrogen) atoms. The van der Waals surface area contributed by atoms with Crippen LogP contribution >= 0.6 is 0 Å². The van der Waals surface area contributed by atoms with Crippen LogP contribution in [0.4, 0.5) is 5.82 Å². The highest BCUT2D eigenvalue weighted by atomic mass is 32.2. The van der Waals surface area contributed by atoms with Crippen molar-refractivity contribution in [2.75, 3.05) is 18.1 Å². The van der Waals surface area contributed by atoms with Gasteiger partial charge in [0, 0.05) is 19.0 Å². The van der Waals surface area contributed by atoms with E-state index in [9.17, 15) is 8.42 Å². The van der Waals surface area contributed by atoms with Crippen LogP contribution in [0, 0.1) is 0 Å². The molecule has 1 aromatic heterocycles. The fourth-order valence-corrected chi connectivity index (χ4v) is 3.34. The molecule has 0 saturated heterocycles. The first-order valence-electron chi connectivity index (χ1n) is 7.41. The molecule has 0 aliphatic carbocycles. The Kier molecular flexibility index (Phi) is 4.30. The maximum Gasteiger partial charge on any atom is 0.179 e. The van der Waals surface area contributed by atoms with Crippen molar-refractivity contribution in [1.82, 2.24) is 4.98 Å². The van der Waals surface area contributed by atoms with Crippen LogP contribution < -0.4 is 5.32 Å². The lowest BCUT2D eigenvalue weighted by atomic mass is 10.1. The molecule has 5 heteroatoms. The number of hydrogen-bond acceptors (Lipinski definition) is 4. The largest absolute Gasteiger partial charge is 0.369 e. The van der Waals surface area contributed by atoms with Gasteiger partial charge in [0.25, 0.3) is 0 Å². The third-order valence-corrected chi connectivity index (χ3v) is 4.82. The Bertz CT molecular complexity index is 936. The molecule has 3 rings (SSSR count). The fourth-order valence-electron chi connectivity index (χ4n) is 2.54. The number of fused-ring (bicyclic) bond motifs is 1. The number of nitrogens with zero attached hydrogens (tertiary/aromatic N) is 1. The number of pyridine rings is 1. The van der Waals surface area contributed by atoms with E-state index in [0.717, 1.165) is 6.42 Å². The summed E-state index contributed by atoms with van der Waals surface area (Å²) in [5.74, 6) is 0.413. The average molecular weight is 326 g/mol. The minimum atomic E-state index is -3.28. The normalized spacial score (nSPS) is 11.5. The number of sulfone groups is 1. The van der Waals surface area contributed by atoms with Gasteiger partial charge in [0.2, 0.25) is 0 Å². The Balaban J connectivity index is 1.72. The Morgan fingerprint density at radius 1 is 1.00 bits per heavy atom. The molecule has 0 radical (unpaired) electrons. The molecule has 1 heterocycles. The van der Waals surface area contributed by atoms with Crippen molar-refractivity contribution < 1.29 is 8.42 Å². The second kappa shape index (κ2) is 6.38. The molecule has 0 fully saturated rings. The summed E-state index contributed by atoms with van der Waals surface area (Å²) >= 11 is 0. The molecule has 0 saturated carbocycles. The van der Waals surface area contributed by atoms with Gasteiger partial charge in [-0.25, -0.2) is 13.4 Å². The smallest absolute Gasteiger partial charge is 0.179 e. The lowest BCUT2D eigenvalue weighted by Gasteiger charge is -2.10. The van der Waals surface area contributed by atoms with Gasteiger partial charge in [-0.05, 0) is 34.9 Å². The number of rotatable bonds is 5. The van der Waals surface area contributed by atoms with E-state index in [1.165, 1.54) is 22.6 Å². The first kappa shape index (κ1) is 15.5. The molecule has 1 N–H and O–H groups in total. The highest BCUT2D eigenvalue weighted by molar-refractivity contribution is 7.90. The Labute approximate surface area is 136 Å². The van der Waals surface area contributed by atoms with E-state index in [1.54, 1.807) is 18.3 Å². The van der Waals surface area contributed by atoms with Crippen LogP contribution in [0.1, 0.15) is 5.56 Å². The molecule has 2 aromatic carbocycles. The van der Waals surface area contributed by atoms with Gasteiger partial charge in [-0.1, -0.05) is 42.5 Å². The monoisotopic (exact) mass is 326 g/mol. The van der Waals surface area contributed by atoms with E-state index in [1.807, 2.05) is 12.1 Å². The van der Waals surface area contributed by atoms with Crippen LogP contribution in [-0.2, 0) is 16.3 Å². The zero-order valence-corrected chi connectivity index (χ0v) is 13.7. The molecule has 0 unspecified atom stereocenters. The van der Waals surface area contributed by atoms with Gasteiger partial charge >= 0.3 is 0 Å². The third kappa shape index (κ3) is 3.68. The van der Waals surface area contributed by atoms with Crippen molar-refractivity contribution in [3.63, 3.8) is 0 Å². The molecule has 0 aliphatic rings. The molecule has 118 valence electrons. The van der Waals surface area contributed by atoms with Gasteiger partial charge in [-0.2, -0.15) is 0 Å². The van der Waals surface area contributed by atoms with Crippen molar-refractivity contribution in [3.05, 3.63) is 66.4 Å². The number of anilines is 1. The lowest BCUT2D eigenvalue weighted by molar-refractivity contribution is 0.602. The van der Waals surface area contributed by atoms with Crippen LogP contribution in [0.25, 0.3) is 10.8 Å². The lowest BCUT2D eigenvalue weighted by Crippen LogP contribution is -2.10. The fraction of sp³-hybridized carbons (Fsp3) is 0.167. The number of benzene rings is 2. The van der Waals surface area contributed by atoms with E-state index in [4.69, 9.17) is 0 Å². The standard InChI is InChI=1S/C18H18N2O2S/c1-23(21,22)17-7-4-11-19-18(17)20-12-10-14-8-9-15-5-2-3-6-16(15)13-14/h2-9,11,13H,10,12H2,1H3,(H,19,20). The summed E-state index contributed by atoms with van der Waals surface area (Å²) < 4.78 is 23.5. The van der Waals surface area contributed by atoms with Gasteiger partial charge < -0.3 is 5.32 Å². The number of aromatic nitrogens is 1. The van der Waals surface area contributed by atoms with Gasteiger partial charge in [0.05, 0.1) is 0 Å². The average Bonchev–Trinajstić information content (AvgIpc) is 2.54. The zero-order chi connectivity index (χ0) is 16.3. The highest BCUT2D eigenvalue weighted by Gasteiger charge is 2.13. The van der Waals surface area contributed by atoms with Crippen LogP contribution in [0.2, 0.25) is 0 Å². The summed E-state index contributed by atoms with van der Waals surface area (Å²) in [6.07, 6.45) is 3.58. The van der Waals surface area contributed by atoms with E-state index in [2.05, 4.69) is 40.6 Å². The summed E-state index contributed by atoms with van der Waals surface area (Å²) in [6, 6.07) is 17.8. The Hall–Kier alpha value is -2.40. The van der Waals surface area contributed by atoms with Gasteiger partial charge in [-0.3, -0.25) is 0 Å². The molecule has 0 atom stereocenters. The summed E-state index contributed by atoms with van der Waals surface area (Å²) in [6.45, 7) is 0.623. The van der Waals surface area contributed by atoms with E-state index in [-0.39, 0.29) is 4.90 Å². The number of nitrogens with one attached hydrogen (secondary N) is 1. The van der Waals surface area contributed by atoms with Crippen molar-refractivity contribution >= 4 is 26.4 Å². The Morgan fingerprint density at radius 3 is 2.57 bits per heavy atom. The molecular weight excluding hydrogens is 308 g/mol. The first-order chi connectivity index (χ1) is 11.0. The van der Waals surface area contributed by atoms with Crippen molar-refractivity contribution in [3.8, 4) is 0 Å². The van der Waals surface area contributed by atoms with Gasteiger partial charge in [0.15, 0.2) is 9.84 Å². The van der Waals surface area contributed by atoms with E-state index < -0.39 is 9.84 Å². The summed E-state index contributed by atoms with van der Waals surface area (Å²) in [5, 5.41) is 5.55. The minimum absolute atomic E-state index is 0.235. The van der Waals surface area contributed by atoms with Crippen molar-refractivity contribution in [2.45, 2.75) is 11.3 Å². The van der Waals surface area contributed by atoms with E-state index >= 15 is 0 Å². The van der Waals surface area contributed by atoms with Crippen molar-refractivity contribution in [2.24, 2.45) is 0 Å². The maximum absolute atomic E-state index is 11.8. The van der Waals surface area contributed by atoms with Crippen LogP contribution in [-0.4, -0.2) is 26.2 Å². The van der Waals surface area contributed by atoms with Gasteiger partial charge in [0.1, 0.15) is 10.7 Å². The second-order valence-electron chi connectivity index (χ2n) is 5.48. The molecule has 4 nitrogen and oxygen atoms in total. The topological polar surface area (TPSA) is 59.1 Å². The second-order valence-corrected chi connectivity index (χ2v) is 7.46. The summed E-state index contributed by atoms with van der Waals surface area (Å²) in [5.41, 5.74) is 1.20. The minimum Gasteiger partial charge on any atom is -0.369 e. The van der Waals surface area contributed by atoms with Crippen LogP contribution in [0.15, 0.2) is 65.7 Å². The molecule has 0 spiro atoms. The summed E-state index contributed by atoms with van der Waals surface area (Å²) in [7, 11) is -3.28. The van der Waals surface area contributed by atoms with Crippen LogP contribution in [0.5, 0.6) is 0 Å². The first-order valence-corrected chi connectivity index (χ1v) is 9.30. The molecule has 0 aliphatic heterocycles. The van der Waals surface area contributed by atoms with Gasteiger partial charge in [-0.15, -0.1) is 0 Å². The predicted molar refractivity (Wildman–Crippen MR) is 93.5 cm³/mol. The van der Waals surface area contributed by atoms with Crippen LogP contribution in [0.3, 0.4) is 0 Å². The summed E-state index contributed by atoms with van der Waals surface area (Å²) in [4.78, 5) is 4.37.